The predicted molar refractivity (Wildman–Crippen MR) is 96.8 cm³/mol. The topological polar surface area (TPSA) is 61.8 Å². The molecule has 0 aromatic heterocycles. The normalized spacial score (nSPS) is 13.6. The number of esters is 1. The fourth-order valence-electron chi connectivity index (χ4n) is 3.05. The minimum absolute atomic E-state index is 0.223. The van der Waals surface area contributed by atoms with E-state index in [1.165, 1.54) is 11.1 Å². The number of carbonyl (C=O) groups is 2. The Bertz CT molecular complexity index is 795. The van der Waals surface area contributed by atoms with Crippen molar-refractivity contribution < 1.29 is 23.8 Å². The first-order valence-corrected chi connectivity index (χ1v) is 8.69. The smallest absolute Gasteiger partial charge is 0.344 e. The number of ether oxygens (including phenoxy) is 3. The van der Waals surface area contributed by atoms with Gasteiger partial charge in [-0.2, -0.15) is 0 Å². The van der Waals surface area contributed by atoms with E-state index in [1.807, 2.05) is 18.2 Å². The second-order valence-electron chi connectivity index (χ2n) is 6.30. The molecular formula is C21H22O5. The molecule has 0 unspecified atom stereocenters. The summed E-state index contributed by atoms with van der Waals surface area (Å²) in [6.45, 7) is 1.33. The number of hydrogen-bond acceptors (Lipinski definition) is 5. The molecule has 2 aromatic carbocycles. The number of rotatable bonds is 7. The molecule has 1 aliphatic rings. The maximum atomic E-state index is 12.3. The van der Waals surface area contributed by atoms with Crippen LogP contribution in [0.5, 0.6) is 11.5 Å². The monoisotopic (exact) mass is 354 g/mol. The highest BCUT2D eigenvalue weighted by Crippen LogP contribution is 2.26. The van der Waals surface area contributed by atoms with Crippen LogP contribution in [0.4, 0.5) is 0 Å². The first-order valence-electron chi connectivity index (χ1n) is 8.69. The van der Waals surface area contributed by atoms with Crippen LogP contribution in [-0.2, 0) is 22.4 Å². The molecule has 136 valence electrons. The Morgan fingerprint density at radius 2 is 1.69 bits per heavy atom. The number of carbonyl (C=O) groups excluding carboxylic acids is 2. The molecule has 0 aliphatic heterocycles. The van der Waals surface area contributed by atoms with Gasteiger partial charge in [0.1, 0.15) is 11.5 Å². The van der Waals surface area contributed by atoms with Crippen LogP contribution in [0.2, 0.25) is 0 Å². The Labute approximate surface area is 152 Å². The van der Waals surface area contributed by atoms with Gasteiger partial charge in [0.15, 0.2) is 12.7 Å². The first kappa shape index (κ1) is 18.0. The summed E-state index contributed by atoms with van der Waals surface area (Å²) in [5.74, 6) is 0.476. The maximum Gasteiger partial charge on any atom is 0.344 e. The Morgan fingerprint density at radius 1 is 1.00 bits per heavy atom. The second-order valence-corrected chi connectivity index (χ2v) is 6.30. The first-order chi connectivity index (χ1) is 12.6. The fourth-order valence-corrected chi connectivity index (χ4v) is 3.05. The van der Waals surface area contributed by atoms with Crippen LogP contribution in [0.3, 0.4) is 0 Å². The number of methoxy groups -OCH3 is 1. The number of fused-ring (bicyclic) bond motifs is 1. The van der Waals surface area contributed by atoms with E-state index < -0.39 is 12.1 Å². The standard InChI is InChI=1S/C21H22O5/c1-14(21(23)16-7-9-18(24-2)10-8-16)26-20(22)13-25-19-11-6-15-4-3-5-17(15)12-19/h6-12,14H,3-5,13H2,1-2H3/t14-/m1/s1. The summed E-state index contributed by atoms with van der Waals surface area (Å²) < 4.78 is 15.8. The fraction of sp³-hybridized carbons (Fsp3) is 0.333. The van der Waals surface area contributed by atoms with E-state index in [2.05, 4.69) is 0 Å². The highest BCUT2D eigenvalue weighted by atomic mass is 16.6. The van der Waals surface area contributed by atoms with Crippen LogP contribution < -0.4 is 9.47 Å². The van der Waals surface area contributed by atoms with Crippen molar-refractivity contribution in [1.29, 1.82) is 0 Å². The lowest BCUT2D eigenvalue weighted by molar-refractivity contribution is -0.148. The van der Waals surface area contributed by atoms with Gasteiger partial charge in [-0.1, -0.05) is 6.07 Å². The lowest BCUT2D eigenvalue weighted by Gasteiger charge is -2.13. The summed E-state index contributed by atoms with van der Waals surface area (Å²) in [7, 11) is 1.56. The zero-order valence-electron chi connectivity index (χ0n) is 15.0. The Balaban J connectivity index is 1.51. The van der Waals surface area contributed by atoms with Crippen LogP contribution in [-0.4, -0.2) is 31.6 Å². The van der Waals surface area contributed by atoms with Crippen LogP contribution in [0.15, 0.2) is 42.5 Å². The summed E-state index contributed by atoms with van der Waals surface area (Å²) in [6, 6.07) is 12.6. The summed E-state index contributed by atoms with van der Waals surface area (Å²) in [6.07, 6.45) is 2.43. The Kier molecular flexibility index (Phi) is 5.56. The molecule has 0 fully saturated rings. The average molecular weight is 354 g/mol. The zero-order valence-corrected chi connectivity index (χ0v) is 15.0. The zero-order chi connectivity index (χ0) is 18.5. The lowest BCUT2D eigenvalue weighted by atomic mass is 10.1. The van der Waals surface area contributed by atoms with Crippen LogP contribution >= 0.6 is 0 Å². The Hall–Kier alpha value is -2.82. The molecule has 2 aromatic rings. The molecule has 0 N–H and O–H groups in total. The predicted octanol–water partition coefficient (Wildman–Crippen LogP) is 3.38. The van der Waals surface area contributed by atoms with Crippen molar-refractivity contribution in [2.75, 3.05) is 13.7 Å². The van der Waals surface area contributed by atoms with Gasteiger partial charge in [-0.25, -0.2) is 4.79 Å². The minimum Gasteiger partial charge on any atom is -0.497 e. The van der Waals surface area contributed by atoms with E-state index in [1.54, 1.807) is 38.3 Å². The molecule has 0 radical (unpaired) electrons. The third-order valence-electron chi connectivity index (χ3n) is 4.48. The summed E-state index contributed by atoms with van der Waals surface area (Å²) >= 11 is 0. The number of ketones is 1. The molecule has 5 heteroatoms. The van der Waals surface area contributed by atoms with E-state index in [-0.39, 0.29) is 12.4 Å². The van der Waals surface area contributed by atoms with Gasteiger partial charge in [-0.05, 0) is 73.7 Å². The largest absolute Gasteiger partial charge is 0.497 e. The van der Waals surface area contributed by atoms with Crippen molar-refractivity contribution in [2.45, 2.75) is 32.3 Å². The quantitative estimate of drug-likeness (QED) is 0.563. The van der Waals surface area contributed by atoms with Gasteiger partial charge in [0.25, 0.3) is 0 Å². The van der Waals surface area contributed by atoms with Crippen molar-refractivity contribution in [2.24, 2.45) is 0 Å². The molecule has 1 atom stereocenters. The summed E-state index contributed by atoms with van der Waals surface area (Å²) in [5.41, 5.74) is 3.09. The summed E-state index contributed by atoms with van der Waals surface area (Å²) in [4.78, 5) is 24.3. The van der Waals surface area contributed by atoms with Gasteiger partial charge in [-0.3, -0.25) is 4.79 Å². The van der Waals surface area contributed by atoms with Gasteiger partial charge in [0.2, 0.25) is 5.78 Å². The van der Waals surface area contributed by atoms with E-state index in [9.17, 15) is 9.59 Å². The van der Waals surface area contributed by atoms with Gasteiger partial charge >= 0.3 is 5.97 Å². The molecule has 0 spiro atoms. The van der Waals surface area contributed by atoms with E-state index >= 15 is 0 Å². The average Bonchev–Trinajstić information content (AvgIpc) is 3.13. The lowest BCUT2D eigenvalue weighted by Crippen LogP contribution is -2.27. The van der Waals surface area contributed by atoms with Crippen molar-refractivity contribution in [1.82, 2.24) is 0 Å². The number of hydrogen-bond donors (Lipinski definition) is 0. The van der Waals surface area contributed by atoms with Gasteiger partial charge < -0.3 is 14.2 Å². The Morgan fingerprint density at radius 3 is 2.42 bits per heavy atom. The van der Waals surface area contributed by atoms with Crippen LogP contribution in [0.25, 0.3) is 0 Å². The molecular weight excluding hydrogens is 332 g/mol. The maximum absolute atomic E-state index is 12.3. The molecule has 3 rings (SSSR count). The van der Waals surface area contributed by atoms with Crippen LogP contribution in [0, 0.1) is 0 Å². The summed E-state index contributed by atoms with van der Waals surface area (Å²) in [5, 5.41) is 0. The molecule has 0 heterocycles. The molecule has 0 saturated carbocycles. The molecule has 5 nitrogen and oxygen atoms in total. The highest BCUT2D eigenvalue weighted by Gasteiger charge is 2.20. The van der Waals surface area contributed by atoms with E-state index in [4.69, 9.17) is 14.2 Å². The highest BCUT2D eigenvalue weighted by molar-refractivity contribution is 6.00. The van der Waals surface area contributed by atoms with E-state index in [0.717, 1.165) is 19.3 Å². The number of benzene rings is 2. The number of aryl methyl sites for hydroxylation is 2. The van der Waals surface area contributed by atoms with Crippen molar-refractivity contribution >= 4 is 11.8 Å². The van der Waals surface area contributed by atoms with Gasteiger partial charge in [0.05, 0.1) is 7.11 Å². The minimum atomic E-state index is -0.875. The van der Waals surface area contributed by atoms with Crippen LogP contribution in [0.1, 0.15) is 34.8 Å². The van der Waals surface area contributed by atoms with Crippen molar-refractivity contribution in [3.8, 4) is 11.5 Å². The molecule has 1 aliphatic carbocycles. The van der Waals surface area contributed by atoms with Crippen molar-refractivity contribution in [3.05, 3.63) is 59.2 Å². The third kappa shape index (κ3) is 4.23. The molecule has 0 saturated heterocycles. The third-order valence-corrected chi connectivity index (χ3v) is 4.48. The SMILES string of the molecule is COc1ccc(C(=O)[C@@H](C)OC(=O)COc2ccc3c(c2)CCC3)cc1. The van der Waals surface area contributed by atoms with Gasteiger partial charge in [-0.15, -0.1) is 0 Å². The number of Topliss-reactive ketones (excluding diaryl/α,β-unsaturated/α-hetero) is 1. The van der Waals surface area contributed by atoms with E-state index in [0.29, 0.717) is 17.1 Å². The molecule has 0 amide bonds. The molecule has 26 heavy (non-hydrogen) atoms. The molecule has 0 bridgehead atoms. The van der Waals surface area contributed by atoms with Gasteiger partial charge in [0, 0.05) is 5.56 Å². The second kappa shape index (κ2) is 8.04. The van der Waals surface area contributed by atoms with Crippen molar-refractivity contribution in [3.63, 3.8) is 0 Å².